The minimum absolute atomic E-state index is 0.0326. The molecule has 1 aliphatic heterocycles. The molecule has 1 heterocycles. The van der Waals surface area contributed by atoms with Gasteiger partial charge in [-0.1, -0.05) is 103 Å². The molecule has 2 N–H and O–H groups in total. The van der Waals surface area contributed by atoms with Gasteiger partial charge in [-0.05, 0) is 72.1 Å². The van der Waals surface area contributed by atoms with Crippen LogP contribution in [0.2, 0.25) is 0 Å². The maximum Gasteiger partial charge on any atom is 0.263 e. The van der Waals surface area contributed by atoms with Gasteiger partial charge in [-0.15, -0.1) is 0 Å². The Labute approximate surface area is 252 Å². The number of hydrogen-bond donors (Lipinski definition) is 2. The Morgan fingerprint density at radius 1 is 0.833 bits per heavy atom. The molecule has 4 aromatic carbocycles. The number of aryl methyl sites for hydroxylation is 1. The molecule has 212 valence electrons. The first-order chi connectivity index (χ1) is 20.3. The van der Waals surface area contributed by atoms with E-state index in [0.717, 1.165) is 33.5 Å². The molecular weight excluding hydrogens is 563 g/mol. The molecule has 8 heteroatoms. The summed E-state index contributed by atoms with van der Waals surface area (Å²) < 4.78 is 28.2. The molecule has 1 amide bonds. The van der Waals surface area contributed by atoms with Crippen molar-refractivity contribution in [3.8, 4) is 0 Å². The van der Waals surface area contributed by atoms with Crippen molar-refractivity contribution in [2.24, 2.45) is 0 Å². The molecule has 0 fully saturated rings. The van der Waals surface area contributed by atoms with Gasteiger partial charge in [0.05, 0.1) is 10.6 Å². The van der Waals surface area contributed by atoms with Gasteiger partial charge >= 0.3 is 0 Å². The van der Waals surface area contributed by atoms with Crippen molar-refractivity contribution >= 4 is 45.0 Å². The molecule has 0 atom stereocenters. The molecule has 5 rings (SSSR count). The molecule has 42 heavy (non-hydrogen) atoms. The average Bonchev–Trinajstić information content (AvgIpc) is 3.30. The van der Waals surface area contributed by atoms with Gasteiger partial charge in [-0.2, -0.15) is 0 Å². The van der Waals surface area contributed by atoms with E-state index < -0.39 is 10.0 Å². The Bertz CT molecular complexity index is 1730. The summed E-state index contributed by atoms with van der Waals surface area (Å²) in [6, 6.07) is 34.1. The van der Waals surface area contributed by atoms with Crippen LogP contribution in [-0.2, 0) is 27.8 Å². The van der Waals surface area contributed by atoms with E-state index in [1.807, 2.05) is 104 Å². The molecule has 4 aromatic rings. The first kappa shape index (κ1) is 29.0. The van der Waals surface area contributed by atoms with Gasteiger partial charge in [0.15, 0.2) is 5.11 Å². The highest BCUT2D eigenvalue weighted by atomic mass is 32.2. The number of nitrogens with zero attached hydrogens (tertiary/aromatic N) is 1. The highest BCUT2D eigenvalue weighted by Crippen LogP contribution is 2.31. The van der Waals surface area contributed by atoms with Gasteiger partial charge in [0.25, 0.3) is 15.9 Å². The zero-order chi connectivity index (χ0) is 29.5. The zero-order valence-electron chi connectivity index (χ0n) is 23.2. The highest BCUT2D eigenvalue weighted by Gasteiger charge is 2.28. The minimum Gasteiger partial charge on any atom is -0.358 e. The summed E-state index contributed by atoms with van der Waals surface area (Å²) in [5.74, 6) is -0.0608. The van der Waals surface area contributed by atoms with E-state index in [1.54, 1.807) is 29.2 Å². The molecular formula is C34H31N3O3S2. The summed E-state index contributed by atoms with van der Waals surface area (Å²) in [6.07, 6.45) is 4.40. The average molecular weight is 594 g/mol. The van der Waals surface area contributed by atoms with Crippen LogP contribution in [0, 0.1) is 6.92 Å². The molecule has 0 radical (unpaired) electrons. The van der Waals surface area contributed by atoms with E-state index in [9.17, 15) is 13.2 Å². The third-order valence-corrected chi connectivity index (χ3v) is 8.67. The molecule has 6 nitrogen and oxygen atoms in total. The van der Waals surface area contributed by atoms with Gasteiger partial charge in [0.1, 0.15) is 0 Å². The molecule has 0 aromatic heterocycles. The summed E-state index contributed by atoms with van der Waals surface area (Å²) in [6.45, 7) is 2.89. The van der Waals surface area contributed by atoms with E-state index in [1.165, 1.54) is 0 Å². The van der Waals surface area contributed by atoms with Crippen molar-refractivity contribution in [3.63, 3.8) is 0 Å². The highest BCUT2D eigenvalue weighted by molar-refractivity contribution is 7.91. The standard InChI is InChI=1S/C34H31N3O3S2/c1-25-12-16-29(17-13-25)32-23-30(22-27-8-4-2-5-9-27)33(38)37(32)21-20-26-14-18-31(19-15-26)42(39,40)36-34(41)35-24-28-10-6-3-7-11-28/h2-19,22-23H,20-21,24H2,1H3,(H2,35,36,41)/b30-22+. The third-order valence-electron chi connectivity index (χ3n) is 6.92. The molecule has 0 spiro atoms. The molecule has 0 bridgehead atoms. The predicted octanol–water partition coefficient (Wildman–Crippen LogP) is 5.86. The lowest BCUT2D eigenvalue weighted by Crippen LogP contribution is -2.38. The number of rotatable bonds is 9. The number of nitrogens with one attached hydrogen (secondary N) is 2. The van der Waals surface area contributed by atoms with Gasteiger partial charge in [-0.25, -0.2) is 8.42 Å². The fraction of sp³-hybridized carbons (Fsp3) is 0.118. The Morgan fingerprint density at radius 2 is 1.48 bits per heavy atom. The molecule has 0 unspecified atom stereocenters. The largest absolute Gasteiger partial charge is 0.358 e. The number of carbonyl (C=O) groups is 1. The van der Waals surface area contributed by atoms with Crippen LogP contribution < -0.4 is 10.0 Å². The summed E-state index contributed by atoms with van der Waals surface area (Å²) >= 11 is 5.20. The fourth-order valence-corrected chi connectivity index (χ4v) is 5.97. The van der Waals surface area contributed by atoms with Gasteiger partial charge in [0, 0.05) is 18.7 Å². The summed E-state index contributed by atoms with van der Waals surface area (Å²) in [5.41, 5.74) is 6.45. The second-order valence-electron chi connectivity index (χ2n) is 10.0. The van der Waals surface area contributed by atoms with Crippen LogP contribution in [-0.4, -0.2) is 30.9 Å². The van der Waals surface area contributed by atoms with Crippen LogP contribution >= 0.6 is 12.2 Å². The van der Waals surface area contributed by atoms with Crippen LogP contribution in [0.15, 0.2) is 126 Å². The van der Waals surface area contributed by atoms with Crippen molar-refractivity contribution in [2.75, 3.05) is 6.54 Å². The number of thiocarbonyl (C=S) groups is 1. The van der Waals surface area contributed by atoms with E-state index in [0.29, 0.717) is 25.1 Å². The van der Waals surface area contributed by atoms with Crippen molar-refractivity contribution in [3.05, 3.63) is 149 Å². The lowest BCUT2D eigenvalue weighted by Gasteiger charge is -2.21. The molecule has 0 aliphatic carbocycles. The maximum absolute atomic E-state index is 13.5. The Balaban J connectivity index is 1.26. The van der Waals surface area contributed by atoms with Gasteiger partial charge in [-0.3, -0.25) is 9.52 Å². The predicted molar refractivity (Wildman–Crippen MR) is 172 cm³/mol. The SMILES string of the molecule is Cc1ccc(C2=C/C(=C\c3ccccc3)C(=O)N2CCc2ccc(S(=O)(=O)NC(=S)NCc3ccccc3)cc2)cc1. The summed E-state index contributed by atoms with van der Waals surface area (Å²) in [5, 5.41) is 2.96. The van der Waals surface area contributed by atoms with Gasteiger partial charge in [0.2, 0.25) is 0 Å². The summed E-state index contributed by atoms with van der Waals surface area (Å²) in [7, 11) is -3.84. The fourth-order valence-electron chi connectivity index (χ4n) is 4.64. The summed E-state index contributed by atoms with van der Waals surface area (Å²) in [4.78, 5) is 15.4. The molecule has 0 saturated heterocycles. The number of benzene rings is 4. The van der Waals surface area contributed by atoms with E-state index >= 15 is 0 Å². The number of amides is 1. The van der Waals surface area contributed by atoms with Gasteiger partial charge < -0.3 is 10.2 Å². The van der Waals surface area contributed by atoms with Crippen molar-refractivity contribution in [1.29, 1.82) is 0 Å². The van der Waals surface area contributed by atoms with Crippen LogP contribution in [0.1, 0.15) is 27.8 Å². The number of hydrogen-bond acceptors (Lipinski definition) is 4. The Morgan fingerprint density at radius 3 is 2.14 bits per heavy atom. The first-order valence-corrected chi connectivity index (χ1v) is 15.5. The number of carbonyl (C=O) groups excluding carboxylic acids is 1. The Kier molecular flexibility index (Phi) is 8.95. The zero-order valence-corrected chi connectivity index (χ0v) is 24.8. The molecule has 1 aliphatic rings. The normalized spacial score (nSPS) is 14.1. The lowest BCUT2D eigenvalue weighted by atomic mass is 10.1. The minimum atomic E-state index is -3.84. The van der Waals surface area contributed by atoms with Crippen molar-refractivity contribution in [1.82, 2.24) is 14.9 Å². The van der Waals surface area contributed by atoms with Crippen molar-refractivity contribution in [2.45, 2.75) is 24.8 Å². The lowest BCUT2D eigenvalue weighted by molar-refractivity contribution is -0.122. The van der Waals surface area contributed by atoms with Crippen LogP contribution in [0.5, 0.6) is 0 Å². The van der Waals surface area contributed by atoms with Crippen LogP contribution in [0.3, 0.4) is 0 Å². The smallest absolute Gasteiger partial charge is 0.263 e. The Hall–Kier alpha value is -4.53. The number of sulfonamides is 1. The van der Waals surface area contributed by atoms with Crippen molar-refractivity contribution < 1.29 is 13.2 Å². The topological polar surface area (TPSA) is 78.5 Å². The van der Waals surface area contributed by atoms with E-state index in [-0.39, 0.29) is 15.9 Å². The van der Waals surface area contributed by atoms with Crippen LogP contribution in [0.25, 0.3) is 11.8 Å². The van der Waals surface area contributed by atoms with E-state index in [4.69, 9.17) is 12.2 Å². The second kappa shape index (κ2) is 13.0. The molecule has 0 saturated carbocycles. The quantitative estimate of drug-likeness (QED) is 0.188. The third kappa shape index (κ3) is 7.21. The van der Waals surface area contributed by atoms with E-state index in [2.05, 4.69) is 10.0 Å². The maximum atomic E-state index is 13.5. The monoisotopic (exact) mass is 593 g/mol. The van der Waals surface area contributed by atoms with Crippen LogP contribution in [0.4, 0.5) is 0 Å². The first-order valence-electron chi connectivity index (χ1n) is 13.6. The second-order valence-corrected chi connectivity index (χ2v) is 12.1.